The number of hydrogen-bond donors (Lipinski definition) is 2. The Morgan fingerprint density at radius 2 is 1.96 bits per heavy atom. The first kappa shape index (κ1) is 16.7. The van der Waals surface area contributed by atoms with Crippen molar-refractivity contribution in [3.63, 3.8) is 0 Å². The van der Waals surface area contributed by atoms with Gasteiger partial charge in [-0.25, -0.2) is 14.5 Å². The highest BCUT2D eigenvalue weighted by molar-refractivity contribution is 5.41. The summed E-state index contributed by atoms with van der Waals surface area (Å²) in [5.41, 5.74) is 1.12. The molecule has 0 bridgehead atoms. The fraction of sp³-hybridized carbons (Fsp3) is 0.294. The molecule has 0 aliphatic heterocycles. The fourth-order valence-electron chi connectivity index (χ4n) is 2.67. The van der Waals surface area contributed by atoms with Gasteiger partial charge in [0, 0.05) is 18.2 Å². The molecule has 8 nitrogen and oxygen atoms in total. The second-order valence-corrected chi connectivity index (χ2v) is 6.09. The normalized spacial score (nSPS) is 12.3. The number of hydrogen-bond acceptors (Lipinski definition) is 5. The van der Waals surface area contributed by atoms with Crippen LogP contribution in [-0.2, 0) is 0 Å². The third-order valence-electron chi connectivity index (χ3n) is 3.91. The van der Waals surface area contributed by atoms with Crippen molar-refractivity contribution >= 4 is 5.82 Å². The smallest absolute Gasteiger partial charge is 0.330 e. The van der Waals surface area contributed by atoms with Crippen LogP contribution in [0.3, 0.4) is 0 Å². The molecule has 0 fully saturated rings. The quantitative estimate of drug-likeness (QED) is 0.739. The predicted molar refractivity (Wildman–Crippen MR) is 95.1 cm³/mol. The van der Waals surface area contributed by atoms with E-state index in [1.54, 1.807) is 24.9 Å². The molecule has 0 aliphatic carbocycles. The summed E-state index contributed by atoms with van der Waals surface area (Å²) in [6.07, 6.45) is 3.10. The third kappa shape index (κ3) is 3.52. The second kappa shape index (κ2) is 6.76. The summed E-state index contributed by atoms with van der Waals surface area (Å²) in [6, 6.07) is 8.88. The summed E-state index contributed by atoms with van der Waals surface area (Å²) < 4.78 is 2.85. The monoisotopic (exact) mass is 340 g/mol. The van der Waals surface area contributed by atoms with E-state index in [4.69, 9.17) is 0 Å². The highest BCUT2D eigenvalue weighted by Crippen LogP contribution is 2.19. The topological polar surface area (TPSA) is 97.6 Å². The Morgan fingerprint density at radius 3 is 2.60 bits per heavy atom. The zero-order valence-electron chi connectivity index (χ0n) is 14.3. The minimum Gasteiger partial charge on any atom is -0.365 e. The van der Waals surface area contributed by atoms with Crippen LogP contribution in [0.15, 0.2) is 52.6 Å². The largest absolute Gasteiger partial charge is 0.365 e. The molecule has 2 heterocycles. The first-order chi connectivity index (χ1) is 12.0. The maximum Gasteiger partial charge on any atom is 0.330 e. The SMILES string of the molecule is CC(C)n1c(=O)cc(N[C@@H](C)c2cccc(-n3cncn3)c2)[nH]c1=O. The number of nitrogens with one attached hydrogen (secondary N) is 2. The van der Waals surface area contributed by atoms with E-state index < -0.39 is 5.69 Å². The van der Waals surface area contributed by atoms with Crippen LogP contribution in [-0.4, -0.2) is 24.3 Å². The van der Waals surface area contributed by atoms with Gasteiger partial charge in [-0.05, 0) is 38.5 Å². The van der Waals surface area contributed by atoms with Crippen molar-refractivity contribution in [2.45, 2.75) is 32.9 Å². The summed E-state index contributed by atoms with van der Waals surface area (Å²) in [6.45, 7) is 5.54. The molecule has 0 saturated heterocycles. The van der Waals surface area contributed by atoms with E-state index >= 15 is 0 Å². The molecule has 1 atom stereocenters. The second-order valence-electron chi connectivity index (χ2n) is 6.09. The molecule has 0 spiro atoms. The van der Waals surface area contributed by atoms with Crippen LogP contribution in [0, 0.1) is 0 Å². The Hall–Kier alpha value is -3.16. The molecule has 25 heavy (non-hydrogen) atoms. The molecule has 0 amide bonds. The molecule has 0 aliphatic rings. The zero-order valence-corrected chi connectivity index (χ0v) is 14.3. The van der Waals surface area contributed by atoms with Gasteiger partial charge < -0.3 is 5.32 Å². The maximum absolute atomic E-state index is 12.1. The number of rotatable bonds is 5. The van der Waals surface area contributed by atoms with Crippen LogP contribution in [0.1, 0.15) is 38.4 Å². The molecule has 3 rings (SSSR count). The lowest BCUT2D eigenvalue weighted by atomic mass is 10.1. The van der Waals surface area contributed by atoms with Gasteiger partial charge in [0.25, 0.3) is 5.56 Å². The average molecular weight is 340 g/mol. The standard InChI is InChI=1S/C17H20N6O2/c1-11(2)23-16(24)8-15(21-17(23)25)20-12(3)13-5-4-6-14(7-13)22-10-18-9-19-22/h4-12,20H,1-3H3,(H,21,25)/t12-/m0/s1. The Kier molecular flexibility index (Phi) is 4.51. The summed E-state index contributed by atoms with van der Waals surface area (Å²) in [4.78, 5) is 30.8. The van der Waals surface area contributed by atoms with Crippen molar-refractivity contribution in [2.24, 2.45) is 0 Å². The predicted octanol–water partition coefficient (Wildman–Crippen LogP) is 1.87. The van der Waals surface area contributed by atoms with Crippen molar-refractivity contribution in [1.82, 2.24) is 24.3 Å². The average Bonchev–Trinajstić information content (AvgIpc) is 3.08. The zero-order chi connectivity index (χ0) is 18.0. The fourth-order valence-corrected chi connectivity index (χ4v) is 2.67. The number of nitrogens with zero attached hydrogens (tertiary/aromatic N) is 4. The van der Waals surface area contributed by atoms with Gasteiger partial charge >= 0.3 is 5.69 Å². The van der Waals surface area contributed by atoms with E-state index in [0.717, 1.165) is 11.3 Å². The van der Waals surface area contributed by atoms with Gasteiger partial charge in [-0.15, -0.1) is 0 Å². The van der Waals surface area contributed by atoms with E-state index in [0.29, 0.717) is 5.82 Å². The first-order valence-electron chi connectivity index (χ1n) is 8.03. The summed E-state index contributed by atoms with van der Waals surface area (Å²) >= 11 is 0. The van der Waals surface area contributed by atoms with E-state index in [2.05, 4.69) is 20.4 Å². The van der Waals surface area contributed by atoms with E-state index in [1.165, 1.54) is 17.0 Å². The lowest BCUT2D eigenvalue weighted by Crippen LogP contribution is -2.36. The first-order valence-corrected chi connectivity index (χ1v) is 8.03. The van der Waals surface area contributed by atoms with Crippen LogP contribution in [0.4, 0.5) is 5.82 Å². The number of H-pyrrole nitrogens is 1. The van der Waals surface area contributed by atoms with E-state index in [-0.39, 0.29) is 17.6 Å². The van der Waals surface area contributed by atoms with Gasteiger partial charge in [0.15, 0.2) is 0 Å². The van der Waals surface area contributed by atoms with Gasteiger partial charge in [-0.3, -0.25) is 14.3 Å². The number of anilines is 1. The lowest BCUT2D eigenvalue weighted by molar-refractivity contribution is 0.546. The number of aromatic amines is 1. The highest BCUT2D eigenvalue weighted by Gasteiger charge is 2.11. The van der Waals surface area contributed by atoms with Crippen molar-refractivity contribution in [3.8, 4) is 5.69 Å². The molecule has 2 N–H and O–H groups in total. The number of benzene rings is 1. The lowest BCUT2D eigenvalue weighted by Gasteiger charge is -2.17. The van der Waals surface area contributed by atoms with Crippen molar-refractivity contribution in [1.29, 1.82) is 0 Å². The summed E-state index contributed by atoms with van der Waals surface area (Å²) in [7, 11) is 0. The Balaban J connectivity index is 1.86. The molecule has 3 aromatic rings. The molecule has 0 saturated carbocycles. The Bertz CT molecular complexity index is 940. The molecular weight excluding hydrogens is 320 g/mol. The van der Waals surface area contributed by atoms with Gasteiger partial charge in [0.05, 0.1) is 5.69 Å². The van der Waals surface area contributed by atoms with Crippen LogP contribution < -0.4 is 16.6 Å². The van der Waals surface area contributed by atoms with Crippen LogP contribution >= 0.6 is 0 Å². The molecule has 8 heteroatoms. The number of aromatic nitrogens is 5. The van der Waals surface area contributed by atoms with Crippen molar-refractivity contribution < 1.29 is 0 Å². The van der Waals surface area contributed by atoms with E-state index in [9.17, 15) is 9.59 Å². The molecule has 2 aromatic heterocycles. The maximum atomic E-state index is 12.1. The minimum absolute atomic E-state index is 0.117. The molecule has 130 valence electrons. The van der Waals surface area contributed by atoms with Crippen LogP contribution in [0.2, 0.25) is 0 Å². The van der Waals surface area contributed by atoms with Crippen molar-refractivity contribution in [3.05, 3.63) is 69.4 Å². The van der Waals surface area contributed by atoms with Gasteiger partial charge in [0.2, 0.25) is 0 Å². The molecule has 1 aromatic carbocycles. The summed E-state index contributed by atoms with van der Waals surface area (Å²) in [5, 5.41) is 7.28. The van der Waals surface area contributed by atoms with Gasteiger partial charge in [0.1, 0.15) is 18.5 Å². The molecule has 0 radical (unpaired) electrons. The van der Waals surface area contributed by atoms with Crippen molar-refractivity contribution in [2.75, 3.05) is 5.32 Å². The summed E-state index contributed by atoms with van der Waals surface area (Å²) in [5.74, 6) is 0.394. The minimum atomic E-state index is -0.423. The van der Waals surface area contributed by atoms with Gasteiger partial charge in [-0.2, -0.15) is 5.10 Å². The van der Waals surface area contributed by atoms with Gasteiger partial charge in [-0.1, -0.05) is 12.1 Å². The third-order valence-corrected chi connectivity index (χ3v) is 3.91. The Labute approximate surface area is 144 Å². The van der Waals surface area contributed by atoms with Crippen LogP contribution in [0.25, 0.3) is 5.69 Å². The Morgan fingerprint density at radius 1 is 1.16 bits per heavy atom. The van der Waals surface area contributed by atoms with E-state index in [1.807, 2.05) is 31.2 Å². The van der Waals surface area contributed by atoms with Crippen LogP contribution in [0.5, 0.6) is 0 Å². The highest BCUT2D eigenvalue weighted by atomic mass is 16.2. The molecule has 0 unspecified atom stereocenters. The molecular formula is C17H20N6O2.